The van der Waals surface area contributed by atoms with E-state index in [1.165, 1.54) is 6.07 Å². The van der Waals surface area contributed by atoms with E-state index < -0.39 is 0 Å². The lowest BCUT2D eigenvalue weighted by Crippen LogP contribution is -1.96. The molecule has 0 aliphatic carbocycles. The Hall–Kier alpha value is -1.71. The van der Waals surface area contributed by atoms with Crippen LogP contribution in [0.3, 0.4) is 0 Å². The predicted octanol–water partition coefficient (Wildman–Crippen LogP) is 2.41. The molecule has 0 amide bonds. The van der Waals surface area contributed by atoms with Gasteiger partial charge in [-0.1, -0.05) is 0 Å². The Labute approximate surface area is 87.6 Å². The quantitative estimate of drug-likeness (QED) is 0.753. The highest BCUT2D eigenvalue weighted by Gasteiger charge is 2.07. The van der Waals surface area contributed by atoms with Gasteiger partial charge in [0, 0.05) is 12.1 Å². The highest BCUT2D eigenvalue weighted by molar-refractivity contribution is 5.56. The van der Waals surface area contributed by atoms with Crippen LogP contribution >= 0.6 is 0 Å². The van der Waals surface area contributed by atoms with E-state index in [2.05, 4.69) is 10.2 Å². The van der Waals surface area contributed by atoms with Gasteiger partial charge >= 0.3 is 0 Å². The first-order valence-electron chi connectivity index (χ1n) is 4.86. The first kappa shape index (κ1) is 9.83. The van der Waals surface area contributed by atoms with E-state index in [9.17, 15) is 4.39 Å². The van der Waals surface area contributed by atoms with E-state index in [-0.39, 0.29) is 5.82 Å². The van der Waals surface area contributed by atoms with E-state index in [0.717, 1.165) is 17.9 Å². The summed E-state index contributed by atoms with van der Waals surface area (Å²) in [6, 6.07) is 4.96. The van der Waals surface area contributed by atoms with Crippen molar-refractivity contribution in [1.29, 1.82) is 0 Å². The molecule has 78 valence electrons. The van der Waals surface area contributed by atoms with E-state index >= 15 is 0 Å². The van der Waals surface area contributed by atoms with Gasteiger partial charge in [-0.15, -0.1) is 10.2 Å². The molecule has 15 heavy (non-hydrogen) atoms. The van der Waals surface area contributed by atoms with Crippen molar-refractivity contribution in [2.45, 2.75) is 20.4 Å². The maximum absolute atomic E-state index is 13.1. The smallest absolute Gasteiger partial charge is 0.163 e. The Kier molecular flexibility index (Phi) is 2.49. The van der Waals surface area contributed by atoms with Crippen molar-refractivity contribution >= 4 is 0 Å². The summed E-state index contributed by atoms with van der Waals surface area (Å²) >= 11 is 0. The molecule has 3 nitrogen and oxygen atoms in total. The third-order valence-corrected chi connectivity index (χ3v) is 2.37. The normalized spacial score (nSPS) is 10.6. The zero-order chi connectivity index (χ0) is 10.8. The molecule has 1 aromatic heterocycles. The molecule has 0 aliphatic heterocycles. The molecule has 0 saturated carbocycles. The molecule has 4 heteroatoms. The number of rotatable bonds is 2. The van der Waals surface area contributed by atoms with Crippen molar-refractivity contribution in [3.63, 3.8) is 0 Å². The number of hydrogen-bond donors (Lipinski definition) is 0. The average molecular weight is 205 g/mol. The minimum atomic E-state index is -0.193. The second-order valence-corrected chi connectivity index (χ2v) is 3.40. The van der Waals surface area contributed by atoms with Crippen molar-refractivity contribution < 1.29 is 4.39 Å². The fraction of sp³-hybridized carbons (Fsp3) is 0.273. The number of aromatic nitrogens is 3. The summed E-state index contributed by atoms with van der Waals surface area (Å²) in [5, 5.41) is 7.86. The van der Waals surface area contributed by atoms with Gasteiger partial charge in [-0.3, -0.25) is 0 Å². The molecule has 2 aromatic rings. The maximum Gasteiger partial charge on any atom is 0.163 e. The van der Waals surface area contributed by atoms with Crippen LogP contribution in [0.15, 0.2) is 24.5 Å². The van der Waals surface area contributed by atoms with Crippen LogP contribution in [0.25, 0.3) is 11.4 Å². The number of nitrogens with zero attached hydrogens (tertiary/aromatic N) is 3. The monoisotopic (exact) mass is 205 g/mol. The first-order valence-corrected chi connectivity index (χ1v) is 4.86. The third kappa shape index (κ3) is 1.75. The molecular formula is C11H12FN3. The van der Waals surface area contributed by atoms with Crippen molar-refractivity contribution in [3.8, 4) is 11.4 Å². The summed E-state index contributed by atoms with van der Waals surface area (Å²) in [6.45, 7) is 4.56. The summed E-state index contributed by atoms with van der Waals surface area (Å²) < 4.78 is 15.0. The standard InChI is InChI=1S/C11H12FN3/c1-3-15-7-13-14-11(15)9-4-5-10(12)8(2)6-9/h4-7H,3H2,1-2H3. The van der Waals surface area contributed by atoms with E-state index in [1.807, 2.05) is 11.5 Å². The fourth-order valence-electron chi connectivity index (χ4n) is 1.49. The van der Waals surface area contributed by atoms with Crippen LogP contribution in [0.2, 0.25) is 0 Å². The minimum absolute atomic E-state index is 0.193. The average Bonchev–Trinajstić information content (AvgIpc) is 2.70. The molecule has 0 N–H and O–H groups in total. The molecule has 0 radical (unpaired) electrons. The van der Waals surface area contributed by atoms with Crippen LogP contribution in [-0.2, 0) is 6.54 Å². The number of hydrogen-bond acceptors (Lipinski definition) is 2. The molecule has 1 aromatic carbocycles. The van der Waals surface area contributed by atoms with Crippen LogP contribution in [0, 0.1) is 12.7 Å². The molecule has 0 aliphatic rings. The Morgan fingerprint density at radius 2 is 2.20 bits per heavy atom. The zero-order valence-corrected chi connectivity index (χ0v) is 8.74. The molecule has 0 saturated heterocycles. The van der Waals surface area contributed by atoms with Crippen molar-refractivity contribution in [2.24, 2.45) is 0 Å². The number of benzene rings is 1. The molecule has 0 atom stereocenters. The lowest BCUT2D eigenvalue weighted by molar-refractivity contribution is 0.618. The molecule has 1 heterocycles. The highest BCUT2D eigenvalue weighted by Crippen LogP contribution is 2.19. The lowest BCUT2D eigenvalue weighted by Gasteiger charge is -2.04. The van der Waals surface area contributed by atoms with Crippen molar-refractivity contribution in [2.75, 3.05) is 0 Å². The van der Waals surface area contributed by atoms with E-state index in [1.54, 1.807) is 25.4 Å². The predicted molar refractivity (Wildman–Crippen MR) is 55.8 cm³/mol. The lowest BCUT2D eigenvalue weighted by atomic mass is 10.1. The molecule has 0 fully saturated rings. The second kappa shape index (κ2) is 3.81. The summed E-state index contributed by atoms with van der Waals surface area (Å²) in [6.07, 6.45) is 1.67. The van der Waals surface area contributed by atoms with Gasteiger partial charge in [0.25, 0.3) is 0 Å². The second-order valence-electron chi connectivity index (χ2n) is 3.40. The number of halogens is 1. The van der Waals surface area contributed by atoms with Gasteiger partial charge in [0.05, 0.1) is 0 Å². The molecule has 0 spiro atoms. The molecule has 2 rings (SSSR count). The van der Waals surface area contributed by atoms with Crippen LogP contribution in [0.4, 0.5) is 4.39 Å². The molecular weight excluding hydrogens is 193 g/mol. The third-order valence-electron chi connectivity index (χ3n) is 2.37. The van der Waals surface area contributed by atoms with Gasteiger partial charge in [0.2, 0.25) is 0 Å². The van der Waals surface area contributed by atoms with Gasteiger partial charge in [-0.05, 0) is 37.6 Å². The highest BCUT2D eigenvalue weighted by atomic mass is 19.1. The van der Waals surface area contributed by atoms with Crippen LogP contribution in [0.1, 0.15) is 12.5 Å². The Balaban J connectivity index is 2.50. The SMILES string of the molecule is CCn1cnnc1-c1ccc(F)c(C)c1. The van der Waals surface area contributed by atoms with Gasteiger partial charge < -0.3 is 4.57 Å². The van der Waals surface area contributed by atoms with E-state index in [4.69, 9.17) is 0 Å². The molecule has 0 unspecified atom stereocenters. The zero-order valence-electron chi connectivity index (χ0n) is 8.74. The Bertz CT molecular complexity index is 476. The van der Waals surface area contributed by atoms with Gasteiger partial charge in [-0.25, -0.2) is 4.39 Å². The van der Waals surface area contributed by atoms with Crippen molar-refractivity contribution in [3.05, 3.63) is 35.9 Å². The fourth-order valence-corrected chi connectivity index (χ4v) is 1.49. The summed E-state index contributed by atoms with van der Waals surface area (Å²) in [4.78, 5) is 0. The van der Waals surface area contributed by atoms with Crippen LogP contribution < -0.4 is 0 Å². The van der Waals surface area contributed by atoms with Crippen LogP contribution in [-0.4, -0.2) is 14.8 Å². The summed E-state index contributed by atoms with van der Waals surface area (Å²) in [7, 11) is 0. The minimum Gasteiger partial charge on any atom is -0.314 e. The van der Waals surface area contributed by atoms with Gasteiger partial charge in [0.1, 0.15) is 12.1 Å². The summed E-state index contributed by atoms with van der Waals surface area (Å²) in [5.74, 6) is 0.585. The Morgan fingerprint density at radius 3 is 2.87 bits per heavy atom. The maximum atomic E-state index is 13.1. The molecule has 0 bridgehead atoms. The van der Waals surface area contributed by atoms with Crippen LogP contribution in [0.5, 0.6) is 0 Å². The topological polar surface area (TPSA) is 30.7 Å². The van der Waals surface area contributed by atoms with Gasteiger partial charge in [-0.2, -0.15) is 0 Å². The van der Waals surface area contributed by atoms with Gasteiger partial charge in [0.15, 0.2) is 5.82 Å². The largest absolute Gasteiger partial charge is 0.314 e. The summed E-state index contributed by atoms with van der Waals surface area (Å²) in [5.41, 5.74) is 1.52. The first-order chi connectivity index (χ1) is 7.22. The van der Waals surface area contributed by atoms with E-state index in [0.29, 0.717) is 5.56 Å². The van der Waals surface area contributed by atoms with Crippen molar-refractivity contribution in [1.82, 2.24) is 14.8 Å². The number of aryl methyl sites for hydroxylation is 2. The Morgan fingerprint density at radius 1 is 1.40 bits per heavy atom.